The Balaban J connectivity index is 1.22. The number of amidine groups is 1. The fraction of sp³-hybridized carbons (Fsp3) is 0.800. The minimum atomic E-state index is -0.397. The molecule has 2 aliphatic heterocycles. The molecule has 2 N–H and O–H groups in total. The van der Waals surface area contributed by atoms with Gasteiger partial charge in [0.05, 0.1) is 6.07 Å². The van der Waals surface area contributed by atoms with Crippen molar-refractivity contribution >= 4 is 17.6 Å². The molecule has 1 saturated heterocycles. The second-order valence-electron chi connectivity index (χ2n) is 9.65. The van der Waals surface area contributed by atoms with Crippen LogP contribution in [-0.2, 0) is 9.59 Å². The van der Waals surface area contributed by atoms with E-state index in [1.807, 2.05) is 0 Å². The first-order valence-electron chi connectivity index (χ1n) is 10.8. The molecule has 29 heavy (non-hydrogen) atoms. The maximum atomic E-state index is 12.8. The predicted octanol–water partition coefficient (Wildman–Crippen LogP) is 0.566. The third-order valence-electron chi connectivity index (χ3n) is 7.42. The molecule has 9 heteroatoms. The highest BCUT2D eigenvalue weighted by Gasteiger charge is 2.51. The van der Waals surface area contributed by atoms with Crippen molar-refractivity contribution in [3.8, 4) is 6.07 Å². The molecule has 5 fully saturated rings. The lowest BCUT2D eigenvalue weighted by Crippen LogP contribution is -2.61. The Kier molecular flexibility index (Phi) is 4.42. The van der Waals surface area contributed by atoms with Crippen LogP contribution in [0.3, 0.4) is 0 Å². The van der Waals surface area contributed by atoms with Gasteiger partial charge < -0.3 is 10.2 Å². The van der Waals surface area contributed by atoms with Crippen LogP contribution in [0.2, 0.25) is 0 Å². The van der Waals surface area contributed by atoms with Crippen molar-refractivity contribution in [1.82, 2.24) is 25.9 Å². The molecule has 0 unspecified atom stereocenters. The first kappa shape index (κ1) is 18.7. The van der Waals surface area contributed by atoms with E-state index in [0.717, 1.165) is 43.4 Å². The summed E-state index contributed by atoms with van der Waals surface area (Å²) in [6.07, 6.45) is 8.85. The third-order valence-corrected chi connectivity index (χ3v) is 7.42. The van der Waals surface area contributed by atoms with Crippen molar-refractivity contribution in [2.45, 2.75) is 62.9 Å². The van der Waals surface area contributed by atoms with Crippen LogP contribution >= 0.6 is 0 Å². The van der Waals surface area contributed by atoms with E-state index < -0.39 is 6.04 Å². The van der Waals surface area contributed by atoms with Gasteiger partial charge in [-0.15, -0.1) is 10.2 Å². The van der Waals surface area contributed by atoms with E-state index in [4.69, 9.17) is 0 Å². The fourth-order valence-electron chi connectivity index (χ4n) is 6.66. The topological polar surface area (TPSA) is 104 Å². The van der Waals surface area contributed by atoms with Gasteiger partial charge in [0.25, 0.3) is 5.91 Å². The molecule has 6 rings (SSSR count). The van der Waals surface area contributed by atoms with Crippen molar-refractivity contribution in [1.29, 1.82) is 5.26 Å². The van der Waals surface area contributed by atoms with Crippen LogP contribution in [0, 0.1) is 29.1 Å². The number of carbonyl (C=O) groups is 2. The molecular formula is C20H29N7O2. The third kappa shape index (κ3) is 3.33. The molecule has 6 aliphatic rings. The lowest BCUT2D eigenvalue weighted by atomic mass is 9.53. The predicted molar refractivity (Wildman–Crippen MR) is 104 cm³/mol. The van der Waals surface area contributed by atoms with E-state index in [1.165, 1.54) is 24.4 Å². The van der Waals surface area contributed by atoms with Crippen molar-refractivity contribution < 1.29 is 9.59 Å². The average molecular weight is 399 g/mol. The van der Waals surface area contributed by atoms with Gasteiger partial charge in [0.1, 0.15) is 12.6 Å². The van der Waals surface area contributed by atoms with Crippen molar-refractivity contribution in [3.63, 3.8) is 0 Å². The molecular weight excluding hydrogens is 370 g/mol. The van der Waals surface area contributed by atoms with Gasteiger partial charge in [0, 0.05) is 19.1 Å². The fourth-order valence-corrected chi connectivity index (χ4v) is 6.66. The van der Waals surface area contributed by atoms with E-state index >= 15 is 0 Å². The zero-order chi connectivity index (χ0) is 20.2. The van der Waals surface area contributed by atoms with Crippen molar-refractivity contribution in [2.75, 3.05) is 20.1 Å². The first-order valence-corrected chi connectivity index (χ1v) is 10.8. The lowest BCUT2D eigenvalue weighted by Gasteiger charge is -2.57. The van der Waals surface area contributed by atoms with Gasteiger partial charge in [0.2, 0.25) is 11.7 Å². The smallest absolute Gasteiger partial charge is 0.293 e. The maximum Gasteiger partial charge on any atom is 0.293 e. The van der Waals surface area contributed by atoms with Crippen LogP contribution in [0.5, 0.6) is 0 Å². The number of nitrogens with one attached hydrogen (secondary N) is 2. The quantitative estimate of drug-likeness (QED) is 0.716. The normalized spacial score (nSPS) is 38.0. The van der Waals surface area contributed by atoms with E-state index in [9.17, 15) is 14.9 Å². The van der Waals surface area contributed by atoms with E-state index in [-0.39, 0.29) is 29.7 Å². The van der Waals surface area contributed by atoms with Crippen molar-refractivity contribution in [3.05, 3.63) is 0 Å². The number of rotatable bonds is 4. The summed E-state index contributed by atoms with van der Waals surface area (Å²) in [4.78, 5) is 27.1. The SMILES string of the molecule is CN1NC(C(=O)N2CCC[C@H]2C#N)=NN1CC(=O)NC12CC3CC(CC(C3)C1)C2. The summed E-state index contributed by atoms with van der Waals surface area (Å²) >= 11 is 0. The van der Waals surface area contributed by atoms with Crippen LogP contribution in [0.4, 0.5) is 0 Å². The Morgan fingerprint density at radius 1 is 1.24 bits per heavy atom. The van der Waals surface area contributed by atoms with Crippen LogP contribution in [-0.4, -0.2) is 64.5 Å². The van der Waals surface area contributed by atoms with Gasteiger partial charge >= 0.3 is 0 Å². The van der Waals surface area contributed by atoms with Gasteiger partial charge in [-0.2, -0.15) is 10.4 Å². The lowest BCUT2D eigenvalue weighted by molar-refractivity contribution is -0.132. The maximum absolute atomic E-state index is 12.8. The summed E-state index contributed by atoms with van der Waals surface area (Å²) in [6, 6.07) is 1.78. The molecule has 4 aliphatic carbocycles. The molecule has 1 atom stereocenters. The number of likely N-dealkylation sites (tertiary alicyclic amines) is 1. The molecule has 9 nitrogen and oxygen atoms in total. The molecule has 0 aromatic heterocycles. The number of hydrazine groups is 2. The summed E-state index contributed by atoms with van der Waals surface area (Å²) < 4.78 is 0. The van der Waals surface area contributed by atoms with Crippen LogP contribution in [0.15, 0.2) is 5.10 Å². The van der Waals surface area contributed by atoms with Crippen LogP contribution in [0.25, 0.3) is 0 Å². The Morgan fingerprint density at radius 2 is 1.90 bits per heavy atom. The molecule has 4 bridgehead atoms. The Labute approximate surface area is 171 Å². The number of hydrogen-bond donors (Lipinski definition) is 2. The zero-order valence-corrected chi connectivity index (χ0v) is 16.9. The summed E-state index contributed by atoms with van der Waals surface area (Å²) in [7, 11) is 1.73. The second-order valence-corrected chi connectivity index (χ2v) is 9.65. The molecule has 4 saturated carbocycles. The number of hydrogen-bond acceptors (Lipinski definition) is 7. The number of carbonyl (C=O) groups excluding carboxylic acids is 2. The molecule has 2 amide bonds. The average Bonchev–Trinajstić information content (AvgIpc) is 3.26. The van der Waals surface area contributed by atoms with Crippen LogP contribution < -0.4 is 10.7 Å². The van der Waals surface area contributed by atoms with Crippen molar-refractivity contribution in [2.24, 2.45) is 22.9 Å². The van der Waals surface area contributed by atoms with Gasteiger partial charge in [-0.1, -0.05) is 0 Å². The highest BCUT2D eigenvalue weighted by Crippen LogP contribution is 2.55. The molecule has 2 heterocycles. The first-order chi connectivity index (χ1) is 13.9. The highest BCUT2D eigenvalue weighted by atomic mass is 16.2. The Bertz CT molecular complexity index is 753. The van der Waals surface area contributed by atoms with E-state index in [2.05, 4.69) is 21.9 Å². The number of amides is 2. The monoisotopic (exact) mass is 399 g/mol. The molecule has 0 aromatic carbocycles. The molecule has 0 aromatic rings. The number of nitrogens with zero attached hydrogens (tertiary/aromatic N) is 5. The van der Waals surface area contributed by atoms with Gasteiger partial charge in [0.15, 0.2) is 0 Å². The Hall–Kier alpha value is -2.34. The standard InChI is InChI=1S/C20H29N7O2/c1-25-23-18(19(29)26-4-2-3-16(26)11-21)24-27(25)12-17(28)22-20-8-13-5-14(9-20)7-15(6-13)10-20/h13-16H,2-10,12H2,1H3,(H,22,28)(H,23,24)/t13?,14?,15?,16-,20?/m0/s1. The molecule has 156 valence electrons. The zero-order valence-electron chi connectivity index (χ0n) is 16.9. The molecule has 0 spiro atoms. The van der Waals surface area contributed by atoms with Gasteiger partial charge in [-0.25, -0.2) is 0 Å². The van der Waals surface area contributed by atoms with E-state index in [0.29, 0.717) is 13.0 Å². The Morgan fingerprint density at radius 3 is 2.52 bits per heavy atom. The van der Waals surface area contributed by atoms with E-state index in [1.54, 1.807) is 17.1 Å². The minimum Gasteiger partial charge on any atom is -0.349 e. The summed E-state index contributed by atoms with van der Waals surface area (Å²) in [5.41, 5.74) is 2.89. The van der Waals surface area contributed by atoms with Gasteiger partial charge in [-0.3, -0.25) is 15.0 Å². The highest BCUT2D eigenvalue weighted by molar-refractivity contribution is 6.38. The molecule has 0 radical (unpaired) electrons. The largest absolute Gasteiger partial charge is 0.349 e. The minimum absolute atomic E-state index is 0.0323. The summed E-state index contributed by atoms with van der Waals surface area (Å²) in [5.74, 6) is 2.15. The van der Waals surface area contributed by atoms with Gasteiger partial charge in [-0.05, 0) is 69.1 Å². The summed E-state index contributed by atoms with van der Waals surface area (Å²) in [5, 5.41) is 19.9. The summed E-state index contributed by atoms with van der Waals surface area (Å²) in [6.45, 7) is 0.637. The second kappa shape index (κ2) is 6.87. The van der Waals surface area contributed by atoms with Crippen LogP contribution in [0.1, 0.15) is 51.4 Å². The number of hydrazone groups is 1. The number of nitriles is 1.